The first-order valence-corrected chi connectivity index (χ1v) is 5.36. The molecule has 1 heteroatoms. The van der Waals surface area contributed by atoms with Gasteiger partial charge in [-0.25, -0.2) is 4.79 Å². The van der Waals surface area contributed by atoms with Gasteiger partial charge in [0.25, 0.3) is 0 Å². The maximum atomic E-state index is 10.7. The Kier molecular flexibility index (Phi) is 3.33. The second-order valence-corrected chi connectivity index (χ2v) is 4.73. The molecule has 0 aliphatic heterocycles. The van der Waals surface area contributed by atoms with Crippen molar-refractivity contribution in [2.24, 2.45) is 11.3 Å². The lowest BCUT2D eigenvalue weighted by molar-refractivity contribution is 0.189. The molecule has 0 aromatic rings. The van der Waals surface area contributed by atoms with Crippen molar-refractivity contribution in [2.45, 2.75) is 52.9 Å². The van der Waals surface area contributed by atoms with Gasteiger partial charge in [0.15, 0.2) is 0 Å². The Morgan fingerprint density at radius 1 is 1.54 bits per heavy atom. The molecule has 0 aromatic carbocycles. The summed E-state index contributed by atoms with van der Waals surface area (Å²) in [6.45, 7) is 6.74. The standard InChI is InChI=1S/C12H20O/c1-4-10-6-11(9-13)8-12(3,5-2)7-10/h10H,4-8H2,1-3H3. The Bertz CT molecular complexity index is 225. The van der Waals surface area contributed by atoms with Gasteiger partial charge in [0, 0.05) is 5.57 Å². The molecule has 0 saturated heterocycles. The summed E-state index contributed by atoms with van der Waals surface area (Å²) >= 11 is 0. The van der Waals surface area contributed by atoms with E-state index >= 15 is 0 Å². The van der Waals surface area contributed by atoms with E-state index in [4.69, 9.17) is 0 Å². The minimum atomic E-state index is 0.367. The highest BCUT2D eigenvalue weighted by Crippen LogP contribution is 2.44. The highest BCUT2D eigenvalue weighted by molar-refractivity contribution is 5.53. The second kappa shape index (κ2) is 4.11. The molecule has 1 aliphatic carbocycles. The van der Waals surface area contributed by atoms with Crippen molar-refractivity contribution in [3.8, 4) is 0 Å². The minimum absolute atomic E-state index is 0.367. The first-order valence-electron chi connectivity index (χ1n) is 5.36. The average Bonchev–Trinajstić information content (AvgIpc) is 2.17. The lowest BCUT2D eigenvalue weighted by atomic mass is 9.67. The molecule has 74 valence electrons. The summed E-state index contributed by atoms with van der Waals surface area (Å²) in [5.41, 5.74) is 1.38. The Balaban J connectivity index is 2.76. The fourth-order valence-corrected chi connectivity index (χ4v) is 2.41. The van der Waals surface area contributed by atoms with Crippen LogP contribution in [-0.2, 0) is 4.79 Å². The molecule has 1 fully saturated rings. The summed E-state index contributed by atoms with van der Waals surface area (Å²) in [5.74, 6) is 2.84. The Morgan fingerprint density at radius 2 is 2.23 bits per heavy atom. The Labute approximate surface area is 81.2 Å². The summed E-state index contributed by atoms with van der Waals surface area (Å²) in [6.07, 6.45) is 5.62. The summed E-state index contributed by atoms with van der Waals surface area (Å²) < 4.78 is 0. The van der Waals surface area contributed by atoms with E-state index in [9.17, 15) is 4.79 Å². The summed E-state index contributed by atoms with van der Waals surface area (Å²) in [6, 6.07) is 0. The predicted octanol–water partition coefficient (Wildman–Crippen LogP) is 3.37. The predicted molar refractivity (Wildman–Crippen MR) is 55.2 cm³/mol. The first kappa shape index (κ1) is 10.5. The zero-order valence-corrected chi connectivity index (χ0v) is 9.02. The van der Waals surface area contributed by atoms with Gasteiger partial charge in [-0.3, -0.25) is 0 Å². The smallest absolute Gasteiger partial charge is 0.123 e. The van der Waals surface area contributed by atoms with E-state index in [2.05, 4.69) is 26.7 Å². The van der Waals surface area contributed by atoms with E-state index in [1.807, 2.05) is 0 Å². The highest BCUT2D eigenvalue weighted by Gasteiger charge is 2.32. The van der Waals surface area contributed by atoms with Crippen LogP contribution >= 0.6 is 0 Å². The SMILES string of the molecule is CCC1CC(=C=O)CC(C)(CC)C1. The van der Waals surface area contributed by atoms with Crippen LogP contribution in [0.5, 0.6) is 0 Å². The molecule has 2 atom stereocenters. The Morgan fingerprint density at radius 3 is 2.69 bits per heavy atom. The van der Waals surface area contributed by atoms with Crippen molar-refractivity contribution in [3.63, 3.8) is 0 Å². The van der Waals surface area contributed by atoms with Gasteiger partial charge < -0.3 is 0 Å². The van der Waals surface area contributed by atoms with Crippen LogP contribution in [0.3, 0.4) is 0 Å². The van der Waals surface area contributed by atoms with Crippen LogP contribution in [0.4, 0.5) is 0 Å². The van der Waals surface area contributed by atoms with Crippen LogP contribution in [-0.4, -0.2) is 5.94 Å². The molecule has 2 unspecified atom stereocenters. The third-order valence-corrected chi connectivity index (χ3v) is 3.53. The maximum absolute atomic E-state index is 10.7. The fraction of sp³-hybridized carbons (Fsp3) is 0.833. The number of carbonyl (C=O) groups excluding carboxylic acids is 1. The molecule has 0 radical (unpaired) electrons. The van der Waals surface area contributed by atoms with Crippen LogP contribution in [0.15, 0.2) is 5.57 Å². The van der Waals surface area contributed by atoms with E-state index in [1.54, 1.807) is 0 Å². The lowest BCUT2D eigenvalue weighted by Gasteiger charge is -2.37. The fourth-order valence-electron chi connectivity index (χ4n) is 2.41. The van der Waals surface area contributed by atoms with Crippen molar-refractivity contribution in [1.82, 2.24) is 0 Å². The minimum Gasteiger partial charge on any atom is -0.234 e. The summed E-state index contributed by atoms with van der Waals surface area (Å²) in [4.78, 5) is 10.7. The van der Waals surface area contributed by atoms with E-state index < -0.39 is 0 Å². The Hall–Kier alpha value is -0.550. The molecule has 0 bridgehead atoms. The van der Waals surface area contributed by atoms with Gasteiger partial charge in [0.2, 0.25) is 0 Å². The second-order valence-electron chi connectivity index (χ2n) is 4.73. The van der Waals surface area contributed by atoms with E-state index in [-0.39, 0.29) is 0 Å². The van der Waals surface area contributed by atoms with Crippen molar-refractivity contribution in [2.75, 3.05) is 0 Å². The van der Waals surface area contributed by atoms with E-state index in [1.165, 1.54) is 19.3 Å². The van der Waals surface area contributed by atoms with Gasteiger partial charge in [-0.2, -0.15) is 0 Å². The van der Waals surface area contributed by atoms with Gasteiger partial charge in [-0.1, -0.05) is 33.6 Å². The van der Waals surface area contributed by atoms with Crippen molar-refractivity contribution in [1.29, 1.82) is 0 Å². The van der Waals surface area contributed by atoms with Crippen LogP contribution in [0.1, 0.15) is 52.9 Å². The molecule has 0 aromatic heterocycles. The zero-order chi connectivity index (χ0) is 9.90. The molecule has 0 spiro atoms. The van der Waals surface area contributed by atoms with Crippen LogP contribution in [0.2, 0.25) is 0 Å². The van der Waals surface area contributed by atoms with Gasteiger partial charge in [-0.05, 0) is 30.6 Å². The number of rotatable bonds is 2. The molecular formula is C12H20O. The zero-order valence-electron chi connectivity index (χ0n) is 9.02. The number of allylic oxidation sites excluding steroid dienone is 1. The monoisotopic (exact) mass is 180 g/mol. The maximum Gasteiger partial charge on any atom is 0.123 e. The molecule has 1 saturated carbocycles. The molecule has 1 aliphatic rings. The molecule has 1 rings (SSSR count). The number of hydrogen-bond donors (Lipinski definition) is 0. The molecule has 0 N–H and O–H groups in total. The van der Waals surface area contributed by atoms with Crippen LogP contribution < -0.4 is 0 Å². The topological polar surface area (TPSA) is 17.1 Å². The lowest BCUT2D eigenvalue weighted by Crippen LogP contribution is -2.26. The number of hydrogen-bond acceptors (Lipinski definition) is 1. The van der Waals surface area contributed by atoms with E-state index in [0.717, 1.165) is 24.3 Å². The van der Waals surface area contributed by atoms with Gasteiger partial charge in [-0.15, -0.1) is 0 Å². The average molecular weight is 180 g/mol. The van der Waals surface area contributed by atoms with Crippen LogP contribution in [0.25, 0.3) is 0 Å². The van der Waals surface area contributed by atoms with Gasteiger partial charge in [0.1, 0.15) is 5.94 Å². The molecule has 1 nitrogen and oxygen atoms in total. The highest BCUT2D eigenvalue weighted by atomic mass is 16.1. The first-order chi connectivity index (χ1) is 6.13. The van der Waals surface area contributed by atoms with Crippen LogP contribution in [0, 0.1) is 11.3 Å². The molecule has 0 amide bonds. The largest absolute Gasteiger partial charge is 0.234 e. The third-order valence-electron chi connectivity index (χ3n) is 3.53. The summed E-state index contributed by atoms with van der Waals surface area (Å²) in [5, 5.41) is 0. The summed E-state index contributed by atoms with van der Waals surface area (Å²) in [7, 11) is 0. The van der Waals surface area contributed by atoms with Gasteiger partial charge >= 0.3 is 0 Å². The third kappa shape index (κ3) is 2.45. The van der Waals surface area contributed by atoms with E-state index in [0.29, 0.717) is 5.41 Å². The quantitative estimate of drug-likeness (QED) is 0.595. The molecular weight excluding hydrogens is 160 g/mol. The van der Waals surface area contributed by atoms with Gasteiger partial charge in [0.05, 0.1) is 0 Å². The molecule has 0 heterocycles. The van der Waals surface area contributed by atoms with Crippen molar-refractivity contribution < 1.29 is 4.79 Å². The normalized spacial score (nSPS) is 34.4. The molecule has 13 heavy (non-hydrogen) atoms. The van der Waals surface area contributed by atoms with Crippen molar-refractivity contribution in [3.05, 3.63) is 5.57 Å². The van der Waals surface area contributed by atoms with Crippen molar-refractivity contribution >= 4 is 5.94 Å².